The molecule has 0 atom stereocenters. The summed E-state index contributed by atoms with van der Waals surface area (Å²) in [5.74, 6) is 0. The van der Waals surface area contributed by atoms with Crippen molar-refractivity contribution in [3.63, 3.8) is 0 Å². The largest absolute Gasteiger partial charge is 0.357 e. The predicted octanol–water partition coefficient (Wildman–Crippen LogP) is 5.64. The molecule has 1 fully saturated rings. The molecular weight excluding hydrogens is 438 g/mol. The number of benzene rings is 2. The monoisotopic (exact) mass is 461 g/mol. The first-order chi connectivity index (χ1) is 14.5. The number of halogens is 1. The van der Waals surface area contributed by atoms with Gasteiger partial charge in [0.2, 0.25) is 10.0 Å². The lowest BCUT2D eigenvalue weighted by molar-refractivity contribution is 0.424. The van der Waals surface area contributed by atoms with E-state index in [1.165, 1.54) is 11.3 Å². The zero-order valence-electron chi connectivity index (χ0n) is 16.6. The van der Waals surface area contributed by atoms with Gasteiger partial charge in [-0.25, -0.2) is 13.4 Å². The minimum absolute atomic E-state index is 0.351. The van der Waals surface area contributed by atoms with E-state index in [-0.39, 0.29) is 0 Å². The Balaban J connectivity index is 1.43. The third-order valence-electron chi connectivity index (χ3n) is 5.21. The lowest BCUT2D eigenvalue weighted by Gasteiger charge is -2.19. The van der Waals surface area contributed by atoms with Crippen LogP contribution in [0.3, 0.4) is 0 Å². The van der Waals surface area contributed by atoms with Crippen LogP contribution in [-0.4, -0.2) is 30.8 Å². The van der Waals surface area contributed by atoms with Gasteiger partial charge in [-0.2, -0.15) is 4.31 Å². The van der Waals surface area contributed by atoms with Crippen LogP contribution in [0.25, 0.3) is 11.3 Å². The second-order valence-corrected chi connectivity index (χ2v) is 10.6. The number of sulfonamides is 1. The summed E-state index contributed by atoms with van der Waals surface area (Å²) in [6, 6.07) is 14.7. The zero-order chi connectivity index (χ0) is 21.0. The van der Waals surface area contributed by atoms with Crippen LogP contribution in [0, 0.1) is 0 Å². The van der Waals surface area contributed by atoms with Crippen LogP contribution in [0.4, 0.5) is 5.13 Å². The summed E-state index contributed by atoms with van der Waals surface area (Å²) in [5, 5.41) is 6.83. The van der Waals surface area contributed by atoms with E-state index in [2.05, 4.69) is 10.3 Å². The molecule has 2 heterocycles. The molecule has 1 aromatic heterocycles. The van der Waals surface area contributed by atoms with Gasteiger partial charge < -0.3 is 5.32 Å². The lowest BCUT2D eigenvalue weighted by atomic mass is 10.2. The molecule has 0 bridgehead atoms. The van der Waals surface area contributed by atoms with Gasteiger partial charge in [0.15, 0.2) is 5.13 Å². The summed E-state index contributed by atoms with van der Waals surface area (Å²) in [6.45, 7) is 1.88. The molecule has 4 rings (SSSR count). The highest BCUT2D eigenvalue weighted by molar-refractivity contribution is 7.89. The van der Waals surface area contributed by atoms with E-state index in [0.29, 0.717) is 24.5 Å². The van der Waals surface area contributed by atoms with Crippen molar-refractivity contribution in [2.75, 3.05) is 18.4 Å². The minimum atomic E-state index is -3.43. The maximum Gasteiger partial charge on any atom is 0.243 e. The molecule has 1 N–H and O–H groups in total. The van der Waals surface area contributed by atoms with Gasteiger partial charge in [-0.15, -0.1) is 11.3 Å². The average Bonchev–Trinajstić information content (AvgIpc) is 3.05. The van der Waals surface area contributed by atoms with Gasteiger partial charge in [-0.1, -0.05) is 48.7 Å². The third-order valence-corrected chi connectivity index (χ3v) is 8.18. The molecule has 5 nitrogen and oxygen atoms in total. The van der Waals surface area contributed by atoms with Crippen molar-refractivity contribution in [1.29, 1.82) is 0 Å². The Morgan fingerprint density at radius 2 is 1.63 bits per heavy atom. The Kier molecular flexibility index (Phi) is 6.73. The first kappa shape index (κ1) is 21.3. The molecule has 8 heteroatoms. The highest BCUT2D eigenvalue weighted by Crippen LogP contribution is 2.27. The van der Waals surface area contributed by atoms with Crippen molar-refractivity contribution in [3.8, 4) is 11.3 Å². The number of rotatable bonds is 6. The third kappa shape index (κ3) is 5.03. The Morgan fingerprint density at radius 3 is 2.30 bits per heavy atom. The first-order valence-electron chi connectivity index (χ1n) is 10.1. The standard InChI is InChI=1S/C22H24ClN3O2S2/c23-19-9-5-17(6-10-19)15-24-22-25-21(16-29-22)18-7-11-20(12-8-18)30(27,28)26-13-3-1-2-4-14-26/h5-12,16H,1-4,13-15H2,(H,24,25). The molecule has 30 heavy (non-hydrogen) atoms. The van der Waals surface area contributed by atoms with Crippen LogP contribution in [-0.2, 0) is 16.6 Å². The van der Waals surface area contributed by atoms with Crippen LogP contribution in [0.1, 0.15) is 31.2 Å². The van der Waals surface area contributed by atoms with E-state index in [0.717, 1.165) is 52.7 Å². The number of nitrogens with one attached hydrogen (secondary N) is 1. The second kappa shape index (κ2) is 9.47. The van der Waals surface area contributed by atoms with Crippen molar-refractivity contribution in [2.24, 2.45) is 0 Å². The van der Waals surface area contributed by atoms with Gasteiger partial charge in [-0.05, 0) is 42.7 Å². The number of nitrogens with zero attached hydrogens (tertiary/aromatic N) is 2. The number of anilines is 1. The van der Waals surface area contributed by atoms with Gasteiger partial charge >= 0.3 is 0 Å². The maximum atomic E-state index is 12.9. The molecule has 1 aliphatic heterocycles. The van der Waals surface area contributed by atoms with Crippen molar-refractivity contribution in [1.82, 2.24) is 9.29 Å². The lowest BCUT2D eigenvalue weighted by Crippen LogP contribution is -2.31. The van der Waals surface area contributed by atoms with E-state index < -0.39 is 10.0 Å². The van der Waals surface area contributed by atoms with Crippen LogP contribution < -0.4 is 5.32 Å². The van der Waals surface area contributed by atoms with Crippen LogP contribution >= 0.6 is 22.9 Å². The van der Waals surface area contributed by atoms with E-state index in [4.69, 9.17) is 11.6 Å². The first-order valence-corrected chi connectivity index (χ1v) is 12.8. The number of aromatic nitrogens is 1. The summed E-state index contributed by atoms with van der Waals surface area (Å²) >= 11 is 7.45. The van der Waals surface area contributed by atoms with Crippen molar-refractivity contribution in [3.05, 3.63) is 64.5 Å². The SMILES string of the molecule is O=S(=O)(c1ccc(-c2csc(NCc3ccc(Cl)cc3)n2)cc1)N1CCCCCC1. The van der Waals surface area contributed by atoms with Crippen LogP contribution in [0.15, 0.2) is 58.8 Å². The minimum Gasteiger partial charge on any atom is -0.357 e. The van der Waals surface area contributed by atoms with Crippen LogP contribution in [0.2, 0.25) is 5.02 Å². The highest BCUT2D eigenvalue weighted by Gasteiger charge is 2.25. The fraction of sp³-hybridized carbons (Fsp3) is 0.318. The molecular formula is C22H24ClN3O2S2. The summed E-state index contributed by atoms with van der Waals surface area (Å²) in [7, 11) is -3.43. The Morgan fingerprint density at radius 1 is 0.967 bits per heavy atom. The fourth-order valence-electron chi connectivity index (χ4n) is 3.50. The summed E-state index contributed by atoms with van der Waals surface area (Å²) < 4.78 is 27.5. The second-order valence-electron chi connectivity index (χ2n) is 7.36. The van der Waals surface area contributed by atoms with Crippen molar-refractivity contribution < 1.29 is 8.42 Å². The topological polar surface area (TPSA) is 62.3 Å². The molecule has 0 unspecified atom stereocenters. The van der Waals surface area contributed by atoms with Crippen LogP contribution in [0.5, 0.6) is 0 Å². The molecule has 2 aromatic carbocycles. The Hall–Kier alpha value is -1.93. The summed E-state index contributed by atoms with van der Waals surface area (Å²) in [4.78, 5) is 4.98. The fourth-order valence-corrected chi connectivity index (χ4v) is 5.86. The normalized spacial score (nSPS) is 15.6. The summed E-state index contributed by atoms with van der Waals surface area (Å²) in [6.07, 6.45) is 4.07. The van der Waals surface area contributed by atoms with Crippen molar-refractivity contribution >= 4 is 38.1 Å². The molecule has 158 valence electrons. The molecule has 0 amide bonds. The average molecular weight is 462 g/mol. The van der Waals surface area contributed by atoms with E-state index >= 15 is 0 Å². The highest BCUT2D eigenvalue weighted by atomic mass is 35.5. The van der Waals surface area contributed by atoms with Gasteiger partial charge in [-0.3, -0.25) is 0 Å². The van der Waals surface area contributed by atoms with E-state index in [1.807, 2.05) is 41.8 Å². The van der Waals surface area contributed by atoms with Gasteiger partial charge in [0.05, 0.1) is 10.6 Å². The number of hydrogen-bond acceptors (Lipinski definition) is 5. The molecule has 0 saturated carbocycles. The predicted molar refractivity (Wildman–Crippen MR) is 124 cm³/mol. The molecule has 1 aliphatic rings. The molecule has 0 radical (unpaired) electrons. The summed E-state index contributed by atoms with van der Waals surface area (Å²) in [5.41, 5.74) is 2.86. The maximum absolute atomic E-state index is 12.9. The van der Waals surface area contributed by atoms with Crippen molar-refractivity contribution in [2.45, 2.75) is 37.1 Å². The van der Waals surface area contributed by atoms with E-state index in [1.54, 1.807) is 16.4 Å². The van der Waals surface area contributed by atoms with Gasteiger partial charge in [0, 0.05) is 35.6 Å². The molecule has 3 aromatic rings. The van der Waals surface area contributed by atoms with Gasteiger partial charge in [0.1, 0.15) is 0 Å². The Bertz CT molecular complexity index is 1070. The Labute approximate surface area is 186 Å². The number of thiazole rings is 1. The van der Waals surface area contributed by atoms with E-state index in [9.17, 15) is 8.42 Å². The smallest absolute Gasteiger partial charge is 0.243 e. The van der Waals surface area contributed by atoms with Gasteiger partial charge in [0.25, 0.3) is 0 Å². The molecule has 0 spiro atoms. The number of hydrogen-bond donors (Lipinski definition) is 1. The zero-order valence-corrected chi connectivity index (χ0v) is 18.9. The molecule has 1 saturated heterocycles. The molecule has 0 aliphatic carbocycles. The quantitative estimate of drug-likeness (QED) is 0.516.